The predicted molar refractivity (Wildman–Crippen MR) is 77.3 cm³/mol. The highest BCUT2D eigenvalue weighted by Crippen LogP contribution is 2.45. The average molecular weight is 265 g/mol. The summed E-state index contributed by atoms with van der Waals surface area (Å²) < 4.78 is 6.05. The van der Waals surface area contributed by atoms with Crippen LogP contribution < -0.4 is 9.64 Å². The number of para-hydroxylation sites is 3. The van der Waals surface area contributed by atoms with E-state index in [2.05, 4.69) is 4.90 Å². The molecule has 1 unspecified atom stereocenters. The summed E-state index contributed by atoms with van der Waals surface area (Å²) in [7, 11) is 0. The number of Topliss-reactive ketones (excluding diaryl/α,β-unsaturated/α-hetero) is 1. The largest absolute Gasteiger partial charge is 0.455 e. The molecule has 100 valence electrons. The summed E-state index contributed by atoms with van der Waals surface area (Å²) in [6.45, 7) is 0.894. The lowest BCUT2D eigenvalue weighted by atomic mass is 9.93. The molecule has 20 heavy (non-hydrogen) atoms. The van der Waals surface area contributed by atoms with Crippen LogP contribution in [0.3, 0.4) is 0 Å². The van der Waals surface area contributed by atoms with Crippen molar-refractivity contribution >= 4 is 11.5 Å². The van der Waals surface area contributed by atoms with Crippen molar-refractivity contribution in [3.63, 3.8) is 0 Å². The van der Waals surface area contributed by atoms with Gasteiger partial charge in [0.25, 0.3) is 0 Å². The summed E-state index contributed by atoms with van der Waals surface area (Å²) in [5.41, 5.74) is 2.00. The lowest BCUT2D eigenvalue weighted by molar-refractivity contribution is -0.121. The number of fused-ring (bicyclic) bond motifs is 5. The number of carbonyl (C=O) groups excluding carboxylic acids is 1. The first-order valence-corrected chi connectivity index (χ1v) is 7.00. The quantitative estimate of drug-likeness (QED) is 0.727. The van der Waals surface area contributed by atoms with Crippen molar-refractivity contribution in [1.82, 2.24) is 0 Å². The molecule has 1 saturated heterocycles. The normalized spacial score (nSPS) is 20.3. The molecule has 1 fully saturated rings. The second-order valence-corrected chi connectivity index (χ2v) is 5.27. The van der Waals surface area contributed by atoms with Crippen molar-refractivity contribution in [1.29, 1.82) is 0 Å². The van der Waals surface area contributed by atoms with E-state index in [1.807, 2.05) is 48.5 Å². The predicted octanol–water partition coefficient (Wildman–Crippen LogP) is 3.70. The molecule has 0 saturated carbocycles. The van der Waals surface area contributed by atoms with Crippen LogP contribution >= 0.6 is 0 Å². The van der Waals surface area contributed by atoms with E-state index >= 15 is 0 Å². The second kappa shape index (κ2) is 4.37. The Labute approximate surface area is 117 Å². The van der Waals surface area contributed by atoms with E-state index < -0.39 is 0 Å². The van der Waals surface area contributed by atoms with Gasteiger partial charge in [-0.25, -0.2) is 0 Å². The molecule has 2 heterocycles. The molecule has 3 nitrogen and oxygen atoms in total. The number of nitrogens with zero attached hydrogens (tertiary/aromatic N) is 1. The van der Waals surface area contributed by atoms with Gasteiger partial charge in [0.05, 0.1) is 5.69 Å². The SMILES string of the molecule is O=C1CCCN2c3ccccc3Oc3ccccc3C12. The summed E-state index contributed by atoms with van der Waals surface area (Å²) >= 11 is 0. The highest BCUT2D eigenvalue weighted by Gasteiger charge is 2.36. The van der Waals surface area contributed by atoms with Gasteiger partial charge < -0.3 is 9.64 Å². The zero-order valence-corrected chi connectivity index (χ0v) is 11.1. The van der Waals surface area contributed by atoms with E-state index in [1.165, 1.54) is 0 Å². The highest BCUT2D eigenvalue weighted by molar-refractivity contribution is 5.91. The van der Waals surface area contributed by atoms with Crippen LogP contribution in [0.15, 0.2) is 48.5 Å². The van der Waals surface area contributed by atoms with Crippen LogP contribution in [0.25, 0.3) is 0 Å². The zero-order chi connectivity index (χ0) is 13.5. The Morgan fingerprint density at radius 2 is 1.75 bits per heavy atom. The average Bonchev–Trinajstić information content (AvgIpc) is 2.62. The number of piperidine rings is 1. The third-order valence-electron chi connectivity index (χ3n) is 4.05. The van der Waals surface area contributed by atoms with Gasteiger partial charge in [-0.3, -0.25) is 4.79 Å². The maximum Gasteiger partial charge on any atom is 0.160 e. The molecule has 0 bridgehead atoms. The number of ether oxygens (including phenoxy) is 1. The summed E-state index contributed by atoms with van der Waals surface area (Å²) in [5, 5.41) is 0. The molecule has 2 aromatic rings. The summed E-state index contributed by atoms with van der Waals surface area (Å²) in [6, 6.07) is 15.6. The van der Waals surface area contributed by atoms with Crippen LogP contribution in [0, 0.1) is 0 Å². The third-order valence-corrected chi connectivity index (χ3v) is 4.05. The molecule has 1 atom stereocenters. The van der Waals surface area contributed by atoms with E-state index in [0.29, 0.717) is 6.42 Å². The maximum atomic E-state index is 12.5. The maximum absolute atomic E-state index is 12.5. The molecule has 0 radical (unpaired) electrons. The molecule has 4 rings (SSSR count). The second-order valence-electron chi connectivity index (χ2n) is 5.27. The zero-order valence-electron chi connectivity index (χ0n) is 11.1. The molecular formula is C17H15NO2. The van der Waals surface area contributed by atoms with Gasteiger partial charge in [0.1, 0.15) is 11.8 Å². The van der Waals surface area contributed by atoms with Crippen LogP contribution in [0.4, 0.5) is 5.69 Å². The topological polar surface area (TPSA) is 29.5 Å². The van der Waals surface area contributed by atoms with Crippen molar-refractivity contribution < 1.29 is 9.53 Å². The first-order valence-electron chi connectivity index (χ1n) is 7.00. The lowest BCUT2D eigenvalue weighted by Crippen LogP contribution is -2.38. The Morgan fingerprint density at radius 1 is 1.00 bits per heavy atom. The highest BCUT2D eigenvalue weighted by atomic mass is 16.5. The number of rotatable bonds is 0. The van der Waals surface area contributed by atoms with Crippen molar-refractivity contribution in [2.45, 2.75) is 18.9 Å². The van der Waals surface area contributed by atoms with Crippen LogP contribution in [0.2, 0.25) is 0 Å². The lowest BCUT2D eigenvalue weighted by Gasteiger charge is -2.35. The number of ketones is 1. The smallest absolute Gasteiger partial charge is 0.160 e. The Bertz CT molecular complexity index is 680. The number of anilines is 1. The van der Waals surface area contributed by atoms with E-state index in [4.69, 9.17) is 4.74 Å². The molecule has 2 aromatic carbocycles. The Kier molecular flexibility index (Phi) is 2.52. The van der Waals surface area contributed by atoms with Crippen LogP contribution in [-0.2, 0) is 4.79 Å². The van der Waals surface area contributed by atoms with Crippen LogP contribution in [0.1, 0.15) is 24.4 Å². The fourth-order valence-electron chi connectivity index (χ4n) is 3.16. The molecule has 3 heteroatoms. The van der Waals surface area contributed by atoms with Gasteiger partial charge in [0.15, 0.2) is 11.5 Å². The first-order chi connectivity index (χ1) is 9.84. The van der Waals surface area contributed by atoms with E-state index in [-0.39, 0.29) is 11.8 Å². The van der Waals surface area contributed by atoms with E-state index in [1.54, 1.807) is 0 Å². The molecule has 0 amide bonds. The van der Waals surface area contributed by atoms with Gasteiger partial charge in [-0.05, 0) is 24.6 Å². The van der Waals surface area contributed by atoms with Crippen LogP contribution in [-0.4, -0.2) is 12.3 Å². The van der Waals surface area contributed by atoms with Gasteiger partial charge in [-0.1, -0.05) is 30.3 Å². The van der Waals surface area contributed by atoms with Crippen molar-refractivity contribution in [3.05, 3.63) is 54.1 Å². The molecule has 2 aliphatic heterocycles. The van der Waals surface area contributed by atoms with Gasteiger partial charge >= 0.3 is 0 Å². The third kappa shape index (κ3) is 1.63. The Hall–Kier alpha value is -2.29. The minimum atomic E-state index is -0.205. The van der Waals surface area contributed by atoms with E-state index in [0.717, 1.165) is 35.7 Å². The van der Waals surface area contributed by atoms with Crippen LogP contribution in [0.5, 0.6) is 11.5 Å². The summed E-state index contributed by atoms with van der Waals surface area (Å²) in [6.07, 6.45) is 1.56. The number of hydrogen-bond donors (Lipinski definition) is 0. The molecule has 2 aliphatic rings. The number of hydrogen-bond acceptors (Lipinski definition) is 3. The fourth-order valence-corrected chi connectivity index (χ4v) is 3.16. The number of benzene rings is 2. The van der Waals surface area contributed by atoms with Gasteiger partial charge in [0.2, 0.25) is 0 Å². The van der Waals surface area contributed by atoms with E-state index in [9.17, 15) is 4.79 Å². The molecule has 0 aliphatic carbocycles. The van der Waals surface area contributed by atoms with Crippen molar-refractivity contribution in [3.8, 4) is 11.5 Å². The Balaban J connectivity index is 1.97. The number of carbonyl (C=O) groups is 1. The summed E-state index contributed by atoms with van der Waals surface area (Å²) in [5.74, 6) is 1.91. The van der Waals surface area contributed by atoms with Gasteiger partial charge in [-0.15, -0.1) is 0 Å². The molecule has 0 aromatic heterocycles. The monoisotopic (exact) mass is 265 g/mol. The minimum Gasteiger partial charge on any atom is -0.455 e. The Morgan fingerprint density at radius 3 is 2.65 bits per heavy atom. The standard InChI is InChI=1S/C17H15NO2/c19-14-8-5-11-18-13-7-2-4-10-16(13)20-15-9-3-1-6-12(15)17(14)18/h1-4,6-7,9-10,17H,5,8,11H2. The van der Waals surface area contributed by atoms with Gasteiger partial charge in [0, 0.05) is 18.5 Å². The fraction of sp³-hybridized carbons (Fsp3) is 0.235. The molecular weight excluding hydrogens is 250 g/mol. The molecule has 0 N–H and O–H groups in total. The van der Waals surface area contributed by atoms with Crippen molar-refractivity contribution in [2.75, 3.05) is 11.4 Å². The summed E-state index contributed by atoms with van der Waals surface area (Å²) in [4.78, 5) is 14.6. The minimum absolute atomic E-state index is 0.205. The first kappa shape index (κ1) is 11.5. The van der Waals surface area contributed by atoms with Crippen molar-refractivity contribution in [2.24, 2.45) is 0 Å². The van der Waals surface area contributed by atoms with Gasteiger partial charge in [-0.2, -0.15) is 0 Å². The molecule has 0 spiro atoms.